The van der Waals surface area contributed by atoms with Gasteiger partial charge in [0.05, 0.1) is 5.69 Å². The molecule has 1 aromatic heterocycles. The largest absolute Gasteiger partial charge is 0.296 e. The molecule has 0 bridgehead atoms. The number of carbonyl (C=O) groups is 1. The average Bonchev–Trinajstić information content (AvgIpc) is 2.93. The van der Waals surface area contributed by atoms with E-state index < -0.39 is 0 Å². The minimum Gasteiger partial charge on any atom is -0.296 e. The van der Waals surface area contributed by atoms with E-state index in [2.05, 4.69) is 10.3 Å². The number of benzene rings is 2. The van der Waals surface area contributed by atoms with Gasteiger partial charge < -0.3 is 0 Å². The number of carbonyl (C=O) groups excluding carboxylic acids is 1. The van der Waals surface area contributed by atoms with Crippen molar-refractivity contribution in [1.82, 2.24) is 15.0 Å². The lowest BCUT2D eigenvalue weighted by Crippen LogP contribution is -2.02. The van der Waals surface area contributed by atoms with Crippen molar-refractivity contribution in [2.24, 2.45) is 0 Å². The number of nitrogens with zero attached hydrogens (tertiary/aromatic N) is 3. The first-order valence-electron chi connectivity index (χ1n) is 6.84. The smallest absolute Gasteiger partial charge is 0.172 e. The molecule has 0 radical (unpaired) electrons. The summed E-state index contributed by atoms with van der Waals surface area (Å²) in [6.07, 6.45) is 0.723. The summed E-state index contributed by atoms with van der Waals surface area (Å²) in [7, 11) is 0. The van der Waals surface area contributed by atoms with Crippen LogP contribution >= 0.6 is 11.6 Å². The van der Waals surface area contributed by atoms with Crippen LogP contribution in [0.25, 0.3) is 16.9 Å². The molecule has 0 aliphatic rings. The summed E-state index contributed by atoms with van der Waals surface area (Å²) in [5.41, 5.74) is 4.79. The Bertz CT molecular complexity index is 855. The zero-order valence-electron chi connectivity index (χ0n) is 12.2. The van der Waals surface area contributed by atoms with Crippen LogP contribution in [0.1, 0.15) is 21.6 Å². The molecule has 0 amide bonds. The van der Waals surface area contributed by atoms with Gasteiger partial charge in [0, 0.05) is 10.6 Å². The van der Waals surface area contributed by atoms with Gasteiger partial charge >= 0.3 is 0 Å². The third kappa shape index (κ3) is 2.53. The van der Waals surface area contributed by atoms with E-state index in [1.165, 1.54) is 0 Å². The second-order valence-corrected chi connectivity index (χ2v) is 5.59. The Balaban J connectivity index is 2.28. The Kier molecular flexibility index (Phi) is 3.77. The van der Waals surface area contributed by atoms with Crippen LogP contribution in [-0.4, -0.2) is 21.3 Å². The second kappa shape index (κ2) is 5.73. The lowest BCUT2D eigenvalue weighted by molar-refractivity contribution is 0.111. The maximum atomic E-state index is 11.3. The Morgan fingerprint density at radius 2 is 1.95 bits per heavy atom. The van der Waals surface area contributed by atoms with E-state index in [-0.39, 0.29) is 0 Å². The third-order valence-corrected chi connectivity index (χ3v) is 3.73. The first kappa shape index (κ1) is 14.5. The van der Waals surface area contributed by atoms with Crippen molar-refractivity contribution >= 4 is 17.9 Å². The predicted octanol–water partition coefficient (Wildman–Crippen LogP) is 4.02. The quantitative estimate of drug-likeness (QED) is 0.686. The van der Waals surface area contributed by atoms with Crippen LogP contribution in [0, 0.1) is 13.8 Å². The van der Waals surface area contributed by atoms with E-state index >= 15 is 0 Å². The van der Waals surface area contributed by atoms with E-state index in [9.17, 15) is 4.79 Å². The highest BCUT2D eigenvalue weighted by Gasteiger charge is 2.17. The van der Waals surface area contributed by atoms with Crippen molar-refractivity contribution in [1.29, 1.82) is 0 Å². The molecule has 1 heterocycles. The highest BCUT2D eigenvalue weighted by molar-refractivity contribution is 6.30. The molecular weight excluding hydrogens is 298 g/mol. The highest BCUT2D eigenvalue weighted by Crippen LogP contribution is 2.28. The molecule has 0 N–H and O–H groups in total. The van der Waals surface area contributed by atoms with E-state index in [1.807, 2.05) is 56.3 Å². The van der Waals surface area contributed by atoms with Gasteiger partial charge in [-0.3, -0.25) is 4.79 Å². The van der Waals surface area contributed by atoms with E-state index in [4.69, 9.17) is 11.6 Å². The van der Waals surface area contributed by atoms with Crippen LogP contribution in [0.2, 0.25) is 5.02 Å². The average molecular weight is 312 g/mol. The number of hydrogen-bond acceptors (Lipinski definition) is 3. The molecule has 3 rings (SSSR count). The molecule has 2 aromatic carbocycles. The van der Waals surface area contributed by atoms with Crippen LogP contribution in [0.5, 0.6) is 0 Å². The zero-order valence-corrected chi connectivity index (χ0v) is 13.0. The van der Waals surface area contributed by atoms with E-state index in [0.717, 1.165) is 28.7 Å². The number of aryl methyl sites for hydroxylation is 2. The molecule has 3 aromatic rings. The molecule has 0 aliphatic heterocycles. The summed E-state index contributed by atoms with van der Waals surface area (Å²) < 4.78 is 1.67. The molecule has 0 atom stereocenters. The molecule has 0 fully saturated rings. The van der Waals surface area contributed by atoms with Crippen molar-refractivity contribution < 1.29 is 4.79 Å². The van der Waals surface area contributed by atoms with Crippen LogP contribution in [0.3, 0.4) is 0 Å². The maximum absolute atomic E-state index is 11.3. The molecule has 110 valence electrons. The predicted molar refractivity (Wildman–Crippen MR) is 86.7 cm³/mol. The summed E-state index contributed by atoms with van der Waals surface area (Å²) in [5.74, 6) is 0. The molecule has 0 spiro atoms. The molecule has 5 heteroatoms. The standard InChI is InChI=1S/C17H14ClN3O/c1-11-4-3-5-13(8-11)17-15(10-22)19-20-21(17)16-9-14(18)7-6-12(16)2/h3-10H,1-2H3. The number of hydrogen-bond donors (Lipinski definition) is 0. The molecule has 0 saturated carbocycles. The minimum absolute atomic E-state index is 0.310. The summed E-state index contributed by atoms with van der Waals surface area (Å²) in [5, 5.41) is 8.74. The van der Waals surface area contributed by atoms with Crippen LogP contribution in [-0.2, 0) is 0 Å². The van der Waals surface area contributed by atoms with Crippen molar-refractivity contribution in [3.63, 3.8) is 0 Å². The molecule has 0 saturated heterocycles. The zero-order chi connectivity index (χ0) is 15.7. The second-order valence-electron chi connectivity index (χ2n) is 5.15. The van der Waals surface area contributed by atoms with Gasteiger partial charge in [0.2, 0.25) is 0 Å². The van der Waals surface area contributed by atoms with Gasteiger partial charge in [-0.05, 0) is 37.6 Å². The monoisotopic (exact) mass is 311 g/mol. The van der Waals surface area contributed by atoms with Crippen molar-refractivity contribution in [3.8, 4) is 16.9 Å². The fourth-order valence-electron chi connectivity index (χ4n) is 2.41. The van der Waals surface area contributed by atoms with Crippen molar-refractivity contribution in [2.75, 3.05) is 0 Å². The Labute approximate surface area is 133 Å². The summed E-state index contributed by atoms with van der Waals surface area (Å²) in [6.45, 7) is 3.97. The Morgan fingerprint density at radius 1 is 1.14 bits per heavy atom. The van der Waals surface area contributed by atoms with Crippen LogP contribution in [0.4, 0.5) is 0 Å². The van der Waals surface area contributed by atoms with E-state index in [1.54, 1.807) is 4.68 Å². The topological polar surface area (TPSA) is 47.8 Å². The molecule has 0 unspecified atom stereocenters. The fraction of sp³-hybridized carbons (Fsp3) is 0.118. The summed E-state index contributed by atoms with van der Waals surface area (Å²) >= 11 is 6.10. The molecular formula is C17H14ClN3O. The molecule has 0 aliphatic carbocycles. The van der Waals surface area contributed by atoms with E-state index in [0.29, 0.717) is 16.4 Å². The van der Waals surface area contributed by atoms with Gasteiger partial charge in [0.15, 0.2) is 12.0 Å². The van der Waals surface area contributed by atoms with Gasteiger partial charge in [-0.25, -0.2) is 4.68 Å². The SMILES string of the molecule is Cc1cccc(-c2c(C=O)nnn2-c2cc(Cl)ccc2C)c1. The number of aldehydes is 1. The van der Waals surface area contributed by atoms with Gasteiger partial charge in [0.25, 0.3) is 0 Å². The maximum Gasteiger partial charge on any atom is 0.172 e. The van der Waals surface area contributed by atoms with Crippen LogP contribution < -0.4 is 0 Å². The highest BCUT2D eigenvalue weighted by atomic mass is 35.5. The Morgan fingerprint density at radius 3 is 2.68 bits per heavy atom. The first-order valence-corrected chi connectivity index (χ1v) is 7.22. The molecule has 22 heavy (non-hydrogen) atoms. The lowest BCUT2D eigenvalue weighted by Gasteiger charge is -2.10. The van der Waals surface area contributed by atoms with Gasteiger partial charge in [-0.15, -0.1) is 5.10 Å². The van der Waals surface area contributed by atoms with Gasteiger partial charge in [-0.2, -0.15) is 0 Å². The summed E-state index contributed by atoms with van der Waals surface area (Å²) in [4.78, 5) is 11.3. The van der Waals surface area contributed by atoms with Crippen molar-refractivity contribution in [3.05, 3.63) is 64.3 Å². The third-order valence-electron chi connectivity index (χ3n) is 3.50. The molecule has 4 nitrogen and oxygen atoms in total. The first-order chi connectivity index (χ1) is 10.6. The van der Waals surface area contributed by atoms with Gasteiger partial charge in [0.1, 0.15) is 5.69 Å². The fourth-order valence-corrected chi connectivity index (χ4v) is 2.58. The van der Waals surface area contributed by atoms with Crippen LogP contribution in [0.15, 0.2) is 42.5 Å². The van der Waals surface area contributed by atoms with Gasteiger partial charge in [-0.1, -0.05) is 46.6 Å². The lowest BCUT2D eigenvalue weighted by atomic mass is 10.1. The minimum atomic E-state index is 0.310. The van der Waals surface area contributed by atoms with Crippen molar-refractivity contribution in [2.45, 2.75) is 13.8 Å². The number of aromatic nitrogens is 3. The Hall–Kier alpha value is -2.46. The number of rotatable bonds is 3. The normalized spacial score (nSPS) is 10.7. The summed E-state index contributed by atoms with van der Waals surface area (Å²) in [6, 6.07) is 13.4. The number of halogens is 1.